The van der Waals surface area contributed by atoms with E-state index in [9.17, 15) is 9.59 Å². The fraction of sp³-hybridized carbons (Fsp3) is 0.391. The molecule has 0 saturated heterocycles. The van der Waals surface area contributed by atoms with E-state index in [0.29, 0.717) is 19.5 Å². The van der Waals surface area contributed by atoms with Gasteiger partial charge in [-0.15, -0.1) is 0 Å². The Labute approximate surface area is 171 Å². The molecule has 2 amide bonds. The molecule has 0 radical (unpaired) electrons. The molecule has 6 heteroatoms. The molecule has 0 atom stereocenters. The van der Waals surface area contributed by atoms with Crippen LogP contribution in [0.4, 0.5) is 11.4 Å². The van der Waals surface area contributed by atoms with Gasteiger partial charge in [0, 0.05) is 17.9 Å². The third kappa shape index (κ3) is 4.95. The first kappa shape index (κ1) is 19.5. The number of anilines is 2. The van der Waals surface area contributed by atoms with Crippen LogP contribution in [0.3, 0.4) is 0 Å². The number of hydrogen-bond acceptors (Lipinski definition) is 4. The van der Waals surface area contributed by atoms with E-state index in [1.54, 1.807) is 7.11 Å². The Morgan fingerprint density at radius 3 is 2.83 bits per heavy atom. The average molecular weight is 393 g/mol. The first-order chi connectivity index (χ1) is 14.1. The second-order valence-corrected chi connectivity index (χ2v) is 7.79. The van der Waals surface area contributed by atoms with Crippen molar-refractivity contribution in [3.05, 3.63) is 53.6 Å². The van der Waals surface area contributed by atoms with E-state index in [4.69, 9.17) is 4.74 Å². The maximum Gasteiger partial charge on any atom is 0.238 e. The lowest BCUT2D eigenvalue weighted by Crippen LogP contribution is -2.31. The maximum absolute atomic E-state index is 12.9. The summed E-state index contributed by atoms with van der Waals surface area (Å²) in [6.07, 6.45) is 3.67. The van der Waals surface area contributed by atoms with Crippen molar-refractivity contribution in [3.63, 3.8) is 0 Å². The molecular formula is C23H27N3O3. The molecule has 6 nitrogen and oxygen atoms in total. The summed E-state index contributed by atoms with van der Waals surface area (Å²) in [5.74, 6) is 1.48. The molecule has 2 N–H and O–H groups in total. The van der Waals surface area contributed by atoms with Crippen LogP contribution in [0.15, 0.2) is 42.5 Å². The van der Waals surface area contributed by atoms with Crippen LogP contribution in [0, 0.1) is 5.92 Å². The van der Waals surface area contributed by atoms with Gasteiger partial charge in [0.1, 0.15) is 5.75 Å². The highest BCUT2D eigenvalue weighted by atomic mass is 16.5. The van der Waals surface area contributed by atoms with Crippen LogP contribution < -0.4 is 20.3 Å². The van der Waals surface area contributed by atoms with Crippen LogP contribution in [-0.4, -0.2) is 38.6 Å². The largest absolute Gasteiger partial charge is 0.497 e. The minimum absolute atomic E-state index is 0.0478. The minimum Gasteiger partial charge on any atom is -0.497 e. The Hall–Kier alpha value is -2.86. The topological polar surface area (TPSA) is 70.7 Å². The normalized spacial score (nSPS) is 15.1. The first-order valence-electron chi connectivity index (χ1n) is 10.2. The average Bonchev–Trinajstić information content (AvgIpc) is 3.44. The number of carbonyl (C=O) groups is 2. The van der Waals surface area contributed by atoms with Crippen LogP contribution >= 0.6 is 0 Å². The fourth-order valence-electron chi connectivity index (χ4n) is 3.69. The molecule has 0 unspecified atom stereocenters. The van der Waals surface area contributed by atoms with Gasteiger partial charge < -0.3 is 20.3 Å². The van der Waals surface area contributed by atoms with Crippen LogP contribution in [-0.2, 0) is 22.4 Å². The Balaban J connectivity index is 1.39. The number of amides is 2. The van der Waals surface area contributed by atoms with Crippen LogP contribution in [0.2, 0.25) is 0 Å². The molecule has 0 bridgehead atoms. The van der Waals surface area contributed by atoms with Gasteiger partial charge in [0.25, 0.3) is 0 Å². The summed E-state index contributed by atoms with van der Waals surface area (Å²) in [7, 11) is 1.62. The smallest absolute Gasteiger partial charge is 0.238 e. The molecule has 152 valence electrons. The Morgan fingerprint density at radius 1 is 1.17 bits per heavy atom. The van der Waals surface area contributed by atoms with Gasteiger partial charge in [0.05, 0.1) is 20.1 Å². The van der Waals surface area contributed by atoms with Crippen molar-refractivity contribution in [1.82, 2.24) is 5.32 Å². The summed E-state index contributed by atoms with van der Waals surface area (Å²) < 4.78 is 5.24. The summed E-state index contributed by atoms with van der Waals surface area (Å²) in [6, 6.07) is 13.4. The zero-order valence-corrected chi connectivity index (χ0v) is 16.7. The molecule has 2 aliphatic rings. The van der Waals surface area contributed by atoms with Gasteiger partial charge in [-0.2, -0.15) is 0 Å². The second-order valence-electron chi connectivity index (χ2n) is 7.79. The summed E-state index contributed by atoms with van der Waals surface area (Å²) in [5.41, 5.74) is 3.67. The van der Waals surface area contributed by atoms with E-state index in [0.717, 1.165) is 47.1 Å². The Kier molecular flexibility index (Phi) is 5.81. The summed E-state index contributed by atoms with van der Waals surface area (Å²) >= 11 is 0. The number of carbonyl (C=O) groups excluding carboxylic acids is 2. The van der Waals surface area contributed by atoms with Gasteiger partial charge in [-0.05, 0) is 67.1 Å². The van der Waals surface area contributed by atoms with Crippen molar-refractivity contribution in [1.29, 1.82) is 0 Å². The molecule has 1 heterocycles. The molecule has 1 fully saturated rings. The molecule has 2 aromatic rings. The molecule has 2 aromatic carbocycles. The quantitative estimate of drug-likeness (QED) is 0.724. The van der Waals surface area contributed by atoms with Gasteiger partial charge in [-0.25, -0.2) is 0 Å². The number of nitrogens with one attached hydrogen (secondary N) is 2. The standard InChI is InChI=1S/C23H27N3O3/c1-29-20-4-2-3-17(11-20)12-23(28)26-10-9-18-7-8-19(13-21(18)26)25-22(27)15-24-14-16-5-6-16/h2-4,7-8,11,13,16,24H,5-6,9-10,12,14-15H2,1H3,(H,25,27). The molecule has 1 saturated carbocycles. The molecule has 1 aliphatic heterocycles. The number of hydrogen-bond donors (Lipinski definition) is 2. The van der Waals surface area contributed by atoms with Crippen LogP contribution in [0.25, 0.3) is 0 Å². The van der Waals surface area contributed by atoms with E-state index in [1.165, 1.54) is 12.8 Å². The monoisotopic (exact) mass is 393 g/mol. The highest BCUT2D eigenvalue weighted by Crippen LogP contribution is 2.31. The number of methoxy groups -OCH3 is 1. The first-order valence-corrected chi connectivity index (χ1v) is 10.2. The van der Waals surface area contributed by atoms with Crippen molar-refractivity contribution < 1.29 is 14.3 Å². The van der Waals surface area contributed by atoms with E-state index >= 15 is 0 Å². The van der Waals surface area contributed by atoms with Crippen molar-refractivity contribution >= 4 is 23.2 Å². The van der Waals surface area contributed by atoms with Gasteiger partial charge in [0.2, 0.25) is 11.8 Å². The Bertz CT molecular complexity index is 908. The van der Waals surface area contributed by atoms with Crippen molar-refractivity contribution in [2.24, 2.45) is 5.92 Å². The lowest BCUT2D eigenvalue weighted by atomic mass is 10.1. The third-order valence-electron chi connectivity index (χ3n) is 5.47. The molecular weight excluding hydrogens is 366 g/mol. The van der Waals surface area contributed by atoms with Gasteiger partial charge in [-0.3, -0.25) is 9.59 Å². The number of rotatable bonds is 8. The number of benzene rings is 2. The lowest BCUT2D eigenvalue weighted by molar-refractivity contribution is -0.118. The number of fused-ring (bicyclic) bond motifs is 1. The summed E-state index contributed by atoms with van der Waals surface area (Å²) in [6.45, 7) is 1.88. The zero-order valence-electron chi connectivity index (χ0n) is 16.7. The molecule has 4 rings (SSSR count). The summed E-state index contributed by atoms with van der Waals surface area (Å²) in [4.78, 5) is 26.9. The van der Waals surface area contributed by atoms with Gasteiger partial charge in [-0.1, -0.05) is 18.2 Å². The third-order valence-corrected chi connectivity index (χ3v) is 5.47. The number of nitrogens with zero attached hydrogens (tertiary/aromatic N) is 1. The minimum atomic E-state index is -0.0575. The van der Waals surface area contributed by atoms with Gasteiger partial charge >= 0.3 is 0 Å². The maximum atomic E-state index is 12.9. The van der Waals surface area contributed by atoms with Gasteiger partial charge in [0.15, 0.2) is 0 Å². The zero-order chi connectivity index (χ0) is 20.2. The van der Waals surface area contributed by atoms with Crippen molar-refractivity contribution in [2.45, 2.75) is 25.7 Å². The van der Waals surface area contributed by atoms with Crippen molar-refractivity contribution in [3.8, 4) is 5.75 Å². The molecule has 0 aromatic heterocycles. The van der Waals surface area contributed by atoms with Crippen LogP contribution in [0.5, 0.6) is 5.75 Å². The molecule has 0 spiro atoms. The SMILES string of the molecule is COc1cccc(CC(=O)N2CCc3ccc(NC(=O)CNCC4CC4)cc32)c1. The van der Waals surface area contributed by atoms with E-state index in [-0.39, 0.29) is 11.8 Å². The second kappa shape index (κ2) is 8.66. The highest BCUT2D eigenvalue weighted by Gasteiger charge is 2.25. The fourth-order valence-corrected chi connectivity index (χ4v) is 3.69. The predicted molar refractivity (Wildman–Crippen MR) is 113 cm³/mol. The van der Waals surface area contributed by atoms with E-state index < -0.39 is 0 Å². The number of ether oxygens (including phenoxy) is 1. The summed E-state index contributed by atoms with van der Waals surface area (Å²) in [5, 5.41) is 6.13. The lowest BCUT2D eigenvalue weighted by Gasteiger charge is -2.18. The van der Waals surface area contributed by atoms with Crippen LogP contribution in [0.1, 0.15) is 24.0 Å². The molecule has 29 heavy (non-hydrogen) atoms. The van der Waals surface area contributed by atoms with E-state index in [1.807, 2.05) is 47.4 Å². The predicted octanol–water partition coefficient (Wildman–Crippen LogP) is 2.77. The highest BCUT2D eigenvalue weighted by molar-refractivity contribution is 5.98. The Morgan fingerprint density at radius 2 is 2.03 bits per heavy atom. The molecule has 1 aliphatic carbocycles. The van der Waals surface area contributed by atoms with Crippen molar-refractivity contribution in [2.75, 3.05) is 37.0 Å². The van der Waals surface area contributed by atoms with E-state index in [2.05, 4.69) is 10.6 Å².